The maximum absolute atomic E-state index is 12.4. The number of rotatable bonds is 7. The van der Waals surface area contributed by atoms with Crippen molar-refractivity contribution in [1.29, 1.82) is 0 Å². The smallest absolute Gasteiger partial charge is 0.257 e. The lowest BCUT2D eigenvalue weighted by Crippen LogP contribution is -2.33. The van der Waals surface area contributed by atoms with Crippen LogP contribution in [0.25, 0.3) is 0 Å². The second-order valence-electron chi connectivity index (χ2n) is 4.01. The first kappa shape index (κ1) is 14.4. The molecule has 1 aromatic heterocycles. The Hall–Kier alpha value is -1.62. The third kappa shape index (κ3) is 3.70. The predicted octanol–water partition coefficient (Wildman–Crippen LogP) is 1.29. The lowest BCUT2D eigenvalue weighted by atomic mass is 10.2. The van der Waals surface area contributed by atoms with E-state index in [1.165, 1.54) is 7.11 Å². The number of carbonyl (C=O) groups is 1. The van der Waals surface area contributed by atoms with E-state index in [0.717, 1.165) is 19.4 Å². The van der Waals surface area contributed by atoms with Crippen molar-refractivity contribution in [3.8, 4) is 5.75 Å². The lowest BCUT2D eigenvalue weighted by Gasteiger charge is -2.22. The molecule has 18 heavy (non-hydrogen) atoms. The molecule has 2 N–H and O–H groups in total. The summed E-state index contributed by atoms with van der Waals surface area (Å²) in [6, 6.07) is 1.69. The van der Waals surface area contributed by atoms with Gasteiger partial charge in [-0.2, -0.15) is 0 Å². The number of hydrogen-bond acceptors (Lipinski definition) is 4. The van der Waals surface area contributed by atoms with Crippen molar-refractivity contribution in [1.82, 2.24) is 9.88 Å². The normalized spacial score (nSPS) is 10.2. The first-order chi connectivity index (χ1) is 8.74. The number of nitrogens with zero attached hydrogens (tertiary/aromatic N) is 2. The molecular formula is C13H21N3O2. The highest BCUT2D eigenvalue weighted by molar-refractivity contribution is 5.96. The summed E-state index contributed by atoms with van der Waals surface area (Å²) in [5.74, 6) is 0.487. The summed E-state index contributed by atoms with van der Waals surface area (Å²) < 4.78 is 5.16. The molecule has 1 heterocycles. The van der Waals surface area contributed by atoms with Gasteiger partial charge in [0.05, 0.1) is 18.9 Å². The topological polar surface area (TPSA) is 68.5 Å². The fourth-order valence-corrected chi connectivity index (χ4v) is 1.76. The van der Waals surface area contributed by atoms with Gasteiger partial charge >= 0.3 is 0 Å². The summed E-state index contributed by atoms with van der Waals surface area (Å²) >= 11 is 0. The van der Waals surface area contributed by atoms with Gasteiger partial charge in [-0.3, -0.25) is 9.78 Å². The summed E-state index contributed by atoms with van der Waals surface area (Å²) in [5, 5.41) is 0. The van der Waals surface area contributed by atoms with Crippen LogP contribution in [0, 0.1) is 0 Å². The predicted molar refractivity (Wildman–Crippen MR) is 70.7 cm³/mol. The molecule has 1 aromatic rings. The number of methoxy groups -OCH3 is 1. The number of hydrogen-bond donors (Lipinski definition) is 1. The molecule has 0 spiro atoms. The quantitative estimate of drug-likeness (QED) is 0.793. The van der Waals surface area contributed by atoms with E-state index in [0.29, 0.717) is 24.4 Å². The highest BCUT2D eigenvalue weighted by Crippen LogP contribution is 2.18. The van der Waals surface area contributed by atoms with Crippen LogP contribution in [0.1, 0.15) is 30.1 Å². The van der Waals surface area contributed by atoms with Crippen molar-refractivity contribution in [3.63, 3.8) is 0 Å². The minimum Gasteiger partial charge on any atom is -0.494 e. The maximum atomic E-state index is 12.4. The molecule has 1 amide bonds. The Balaban J connectivity index is 2.86. The van der Waals surface area contributed by atoms with Gasteiger partial charge in [0.25, 0.3) is 5.91 Å². The van der Waals surface area contributed by atoms with E-state index in [1.54, 1.807) is 18.5 Å². The fraction of sp³-hybridized carbons (Fsp3) is 0.538. The largest absolute Gasteiger partial charge is 0.494 e. The number of pyridine rings is 1. The zero-order valence-electron chi connectivity index (χ0n) is 11.1. The maximum Gasteiger partial charge on any atom is 0.257 e. The first-order valence-electron chi connectivity index (χ1n) is 6.21. The number of nitrogens with two attached hydrogens (primary N) is 1. The van der Waals surface area contributed by atoms with Gasteiger partial charge < -0.3 is 15.4 Å². The number of ether oxygens (including phenoxy) is 1. The molecule has 5 nitrogen and oxygen atoms in total. The van der Waals surface area contributed by atoms with Gasteiger partial charge in [0, 0.05) is 19.3 Å². The summed E-state index contributed by atoms with van der Waals surface area (Å²) in [4.78, 5) is 18.2. The first-order valence-corrected chi connectivity index (χ1v) is 6.21. The molecule has 100 valence electrons. The van der Waals surface area contributed by atoms with E-state index >= 15 is 0 Å². The van der Waals surface area contributed by atoms with Crippen molar-refractivity contribution in [2.75, 3.05) is 26.7 Å². The Morgan fingerprint density at radius 1 is 1.50 bits per heavy atom. The number of amides is 1. The van der Waals surface area contributed by atoms with Gasteiger partial charge in [-0.1, -0.05) is 6.92 Å². The summed E-state index contributed by atoms with van der Waals surface area (Å²) in [6.45, 7) is 4.03. The van der Waals surface area contributed by atoms with E-state index in [4.69, 9.17) is 10.5 Å². The monoisotopic (exact) mass is 251 g/mol. The van der Waals surface area contributed by atoms with Crippen LogP contribution in [-0.4, -0.2) is 42.5 Å². The molecule has 0 aliphatic rings. The fourth-order valence-electron chi connectivity index (χ4n) is 1.76. The van der Waals surface area contributed by atoms with Crippen LogP contribution in [0.5, 0.6) is 5.75 Å². The van der Waals surface area contributed by atoms with Crippen molar-refractivity contribution in [2.45, 2.75) is 19.8 Å². The Labute approximate surface area is 108 Å². The summed E-state index contributed by atoms with van der Waals surface area (Å²) in [7, 11) is 1.54. The molecule has 0 unspecified atom stereocenters. The second kappa shape index (κ2) is 7.66. The second-order valence-corrected chi connectivity index (χ2v) is 4.01. The average molecular weight is 251 g/mol. The summed E-state index contributed by atoms with van der Waals surface area (Å²) in [6.07, 6.45) is 4.88. The van der Waals surface area contributed by atoms with E-state index in [2.05, 4.69) is 4.98 Å². The molecule has 0 bridgehead atoms. The van der Waals surface area contributed by atoms with Crippen LogP contribution in [0.15, 0.2) is 18.5 Å². The van der Waals surface area contributed by atoms with Crippen LogP contribution in [0.4, 0.5) is 0 Å². The minimum atomic E-state index is -0.0236. The molecule has 1 rings (SSSR count). The average Bonchev–Trinajstić information content (AvgIpc) is 2.42. The van der Waals surface area contributed by atoms with E-state index in [1.807, 2.05) is 11.8 Å². The Bertz CT molecular complexity index is 382. The van der Waals surface area contributed by atoms with E-state index in [-0.39, 0.29) is 5.91 Å². The van der Waals surface area contributed by atoms with Crippen molar-refractivity contribution >= 4 is 5.91 Å². The number of carbonyl (C=O) groups excluding carboxylic acids is 1. The third-order valence-corrected chi connectivity index (χ3v) is 2.65. The minimum absolute atomic E-state index is 0.0236. The van der Waals surface area contributed by atoms with Gasteiger partial charge in [0.2, 0.25) is 0 Å². The lowest BCUT2D eigenvalue weighted by molar-refractivity contribution is 0.0751. The molecule has 0 radical (unpaired) electrons. The molecule has 0 saturated heterocycles. The van der Waals surface area contributed by atoms with E-state index in [9.17, 15) is 4.79 Å². The molecule has 0 fully saturated rings. The molecule has 0 atom stereocenters. The summed E-state index contributed by atoms with van der Waals surface area (Å²) in [5.41, 5.74) is 6.05. The molecule has 0 saturated carbocycles. The highest BCUT2D eigenvalue weighted by atomic mass is 16.5. The standard InChI is InChI=1S/C13H21N3O2/c1-3-8-16(9-4-6-14)13(17)11-5-7-15-10-12(11)18-2/h5,7,10H,3-4,6,8-9,14H2,1-2H3. The van der Waals surface area contributed by atoms with Crippen LogP contribution in [0.2, 0.25) is 0 Å². The van der Waals surface area contributed by atoms with Crippen LogP contribution >= 0.6 is 0 Å². The van der Waals surface area contributed by atoms with Gasteiger partial charge in [-0.05, 0) is 25.5 Å². The van der Waals surface area contributed by atoms with Crippen molar-refractivity contribution in [3.05, 3.63) is 24.0 Å². The molecular weight excluding hydrogens is 230 g/mol. The molecule has 0 aliphatic carbocycles. The Morgan fingerprint density at radius 3 is 2.89 bits per heavy atom. The number of aromatic nitrogens is 1. The molecule has 0 aromatic carbocycles. The third-order valence-electron chi connectivity index (χ3n) is 2.65. The van der Waals surface area contributed by atoms with Gasteiger partial charge in [0.15, 0.2) is 0 Å². The van der Waals surface area contributed by atoms with Crippen molar-refractivity contribution < 1.29 is 9.53 Å². The van der Waals surface area contributed by atoms with Crippen molar-refractivity contribution in [2.24, 2.45) is 5.73 Å². The molecule has 5 heteroatoms. The van der Waals surface area contributed by atoms with Crippen LogP contribution in [0.3, 0.4) is 0 Å². The van der Waals surface area contributed by atoms with Gasteiger partial charge in [-0.15, -0.1) is 0 Å². The molecule has 0 aliphatic heterocycles. The van der Waals surface area contributed by atoms with Crippen LogP contribution in [-0.2, 0) is 0 Å². The Morgan fingerprint density at radius 2 is 2.28 bits per heavy atom. The SMILES string of the molecule is CCCN(CCCN)C(=O)c1ccncc1OC. The van der Waals surface area contributed by atoms with Gasteiger partial charge in [-0.25, -0.2) is 0 Å². The zero-order chi connectivity index (χ0) is 13.4. The Kier molecular flexibility index (Phi) is 6.14. The van der Waals surface area contributed by atoms with E-state index < -0.39 is 0 Å². The van der Waals surface area contributed by atoms with Gasteiger partial charge in [0.1, 0.15) is 5.75 Å². The highest BCUT2D eigenvalue weighted by Gasteiger charge is 2.18. The van der Waals surface area contributed by atoms with Crippen LogP contribution < -0.4 is 10.5 Å². The zero-order valence-corrected chi connectivity index (χ0v) is 11.1.